The van der Waals surface area contributed by atoms with E-state index in [1.54, 1.807) is 11.3 Å². The van der Waals surface area contributed by atoms with E-state index >= 15 is 0 Å². The number of hydrogen-bond donors (Lipinski definition) is 1. The maximum atomic E-state index is 8.87. The van der Waals surface area contributed by atoms with E-state index in [0.717, 1.165) is 0 Å². The lowest BCUT2D eigenvalue weighted by atomic mass is 10.1. The molecule has 0 bridgehead atoms. The highest BCUT2D eigenvalue weighted by atomic mass is 32.1. The van der Waals surface area contributed by atoms with Crippen LogP contribution in [0.4, 0.5) is 0 Å². The van der Waals surface area contributed by atoms with Gasteiger partial charge in [0.25, 0.3) is 0 Å². The Morgan fingerprint density at radius 2 is 2.55 bits per heavy atom. The Kier molecular flexibility index (Phi) is 1.74. The van der Waals surface area contributed by atoms with Gasteiger partial charge in [0, 0.05) is 11.5 Å². The van der Waals surface area contributed by atoms with Gasteiger partial charge in [-0.2, -0.15) is 0 Å². The topological polar surface area (TPSA) is 20.2 Å². The second-order valence-electron chi connectivity index (χ2n) is 3.22. The molecule has 1 nitrogen and oxygen atoms in total. The Hall–Kier alpha value is -0.340. The van der Waals surface area contributed by atoms with Crippen LogP contribution in [0.15, 0.2) is 11.4 Å². The van der Waals surface area contributed by atoms with Gasteiger partial charge in [-0.15, -0.1) is 11.3 Å². The average molecular weight is 168 g/mol. The molecule has 1 aliphatic carbocycles. The normalized spacial score (nSPS) is 28.9. The fraction of sp³-hybridized carbons (Fsp3) is 0.556. The van der Waals surface area contributed by atoms with E-state index in [2.05, 4.69) is 18.4 Å². The minimum absolute atomic E-state index is 0.361. The average Bonchev–Trinajstić information content (AvgIpc) is 2.68. The number of hydrogen-bond acceptors (Lipinski definition) is 2. The lowest BCUT2D eigenvalue weighted by molar-refractivity contribution is 0.274. The molecule has 1 heterocycles. The predicted octanol–water partition coefficient (Wildman–Crippen LogP) is 2.15. The van der Waals surface area contributed by atoms with Gasteiger partial charge in [-0.1, -0.05) is 0 Å². The molecule has 2 rings (SSSR count). The van der Waals surface area contributed by atoms with Crippen molar-refractivity contribution in [3.8, 4) is 0 Å². The van der Waals surface area contributed by atoms with Crippen LogP contribution in [-0.2, 0) is 0 Å². The largest absolute Gasteiger partial charge is 0.396 e. The van der Waals surface area contributed by atoms with Crippen molar-refractivity contribution in [1.29, 1.82) is 0 Å². The Balaban J connectivity index is 2.14. The van der Waals surface area contributed by atoms with Crippen molar-refractivity contribution in [1.82, 2.24) is 0 Å². The molecule has 0 amide bonds. The quantitative estimate of drug-likeness (QED) is 0.717. The van der Waals surface area contributed by atoms with E-state index in [0.29, 0.717) is 18.4 Å². The maximum absolute atomic E-state index is 8.87. The van der Waals surface area contributed by atoms with Crippen molar-refractivity contribution in [3.05, 3.63) is 21.9 Å². The number of aryl methyl sites for hydroxylation is 1. The van der Waals surface area contributed by atoms with Crippen molar-refractivity contribution < 1.29 is 5.11 Å². The van der Waals surface area contributed by atoms with Crippen molar-refractivity contribution in [2.24, 2.45) is 5.92 Å². The molecular formula is C9H12OS. The van der Waals surface area contributed by atoms with Crippen molar-refractivity contribution in [3.63, 3.8) is 0 Å². The summed E-state index contributed by atoms with van der Waals surface area (Å²) in [7, 11) is 0. The molecule has 1 N–H and O–H groups in total. The summed E-state index contributed by atoms with van der Waals surface area (Å²) in [5.41, 5.74) is 1.47. The van der Waals surface area contributed by atoms with Gasteiger partial charge >= 0.3 is 0 Å². The summed E-state index contributed by atoms with van der Waals surface area (Å²) in [6.45, 7) is 2.52. The molecular weight excluding hydrogens is 156 g/mol. The third-order valence-electron chi connectivity index (χ3n) is 2.46. The molecule has 0 saturated heterocycles. The Morgan fingerprint density at radius 1 is 1.73 bits per heavy atom. The minimum Gasteiger partial charge on any atom is -0.396 e. The van der Waals surface area contributed by atoms with Gasteiger partial charge in [0.15, 0.2) is 0 Å². The fourth-order valence-electron chi connectivity index (χ4n) is 1.61. The van der Waals surface area contributed by atoms with Gasteiger partial charge in [0.1, 0.15) is 0 Å². The monoisotopic (exact) mass is 168 g/mol. The molecule has 1 aromatic rings. The number of rotatable bonds is 2. The third-order valence-corrected chi connectivity index (χ3v) is 3.32. The first-order chi connectivity index (χ1) is 5.33. The van der Waals surface area contributed by atoms with Gasteiger partial charge in [0.2, 0.25) is 0 Å². The second-order valence-corrected chi connectivity index (χ2v) is 4.34. The van der Waals surface area contributed by atoms with Gasteiger partial charge in [-0.3, -0.25) is 0 Å². The summed E-state index contributed by atoms with van der Waals surface area (Å²) in [5, 5.41) is 11.0. The third kappa shape index (κ3) is 1.21. The van der Waals surface area contributed by atoms with E-state index in [-0.39, 0.29) is 0 Å². The molecule has 2 atom stereocenters. The summed E-state index contributed by atoms with van der Waals surface area (Å²) >= 11 is 1.80. The molecule has 1 saturated carbocycles. The molecule has 2 heteroatoms. The Bertz CT molecular complexity index is 254. The fourth-order valence-corrected chi connectivity index (χ4v) is 2.38. The van der Waals surface area contributed by atoms with E-state index in [1.165, 1.54) is 16.9 Å². The first-order valence-corrected chi connectivity index (χ1v) is 4.85. The zero-order valence-electron chi connectivity index (χ0n) is 6.58. The molecule has 1 aromatic heterocycles. The summed E-state index contributed by atoms with van der Waals surface area (Å²) in [6, 6.07) is 2.19. The van der Waals surface area contributed by atoms with Gasteiger partial charge < -0.3 is 5.11 Å². The SMILES string of the molecule is Cc1sccc1C1CC1CO. The molecule has 0 aliphatic heterocycles. The summed E-state index contributed by atoms with van der Waals surface area (Å²) in [5.74, 6) is 1.23. The van der Waals surface area contributed by atoms with E-state index in [9.17, 15) is 0 Å². The Labute approximate surface area is 70.7 Å². The van der Waals surface area contributed by atoms with Crippen LogP contribution in [0.5, 0.6) is 0 Å². The Morgan fingerprint density at radius 3 is 3.00 bits per heavy atom. The van der Waals surface area contributed by atoms with Crippen molar-refractivity contribution >= 4 is 11.3 Å². The highest BCUT2D eigenvalue weighted by Crippen LogP contribution is 2.48. The highest BCUT2D eigenvalue weighted by molar-refractivity contribution is 7.10. The molecule has 2 unspecified atom stereocenters. The first kappa shape index (κ1) is 7.32. The first-order valence-electron chi connectivity index (χ1n) is 3.97. The van der Waals surface area contributed by atoms with Crippen LogP contribution in [0.1, 0.15) is 22.8 Å². The van der Waals surface area contributed by atoms with Gasteiger partial charge in [-0.25, -0.2) is 0 Å². The standard InChI is InChI=1S/C9H12OS/c1-6-8(2-3-11-6)9-4-7(9)5-10/h2-3,7,9-10H,4-5H2,1H3. The number of aliphatic hydroxyl groups excluding tert-OH is 1. The zero-order chi connectivity index (χ0) is 7.84. The predicted molar refractivity (Wildman–Crippen MR) is 47.0 cm³/mol. The summed E-state index contributed by atoms with van der Waals surface area (Å²) in [6.07, 6.45) is 1.19. The molecule has 0 spiro atoms. The number of aliphatic hydroxyl groups is 1. The van der Waals surface area contributed by atoms with Crippen LogP contribution < -0.4 is 0 Å². The van der Waals surface area contributed by atoms with Crippen LogP contribution in [-0.4, -0.2) is 11.7 Å². The highest BCUT2D eigenvalue weighted by Gasteiger charge is 2.38. The van der Waals surface area contributed by atoms with Crippen molar-refractivity contribution in [2.75, 3.05) is 6.61 Å². The molecule has 1 fully saturated rings. The van der Waals surface area contributed by atoms with Crippen molar-refractivity contribution in [2.45, 2.75) is 19.3 Å². The zero-order valence-corrected chi connectivity index (χ0v) is 7.40. The lowest BCUT2D eigenvalue weighted by Crippen LogP contribution is -1.87. The molecule has 60 valence electrons. The second kappa shape index (κ2) is 2.61. The smallest absolute Gasteiger partial charge is 0.0465 e. The minimum atomic E-state index is 0.361. The van der Waals surface area contributed by atoms with Crippen LogP contribution >= 0.6 is 11.3 Å². The van der Waals surface area contributed by atoms with E-state index in [4.69, 9.17) is 5.11 Å². The maximum Gasteiger partial charge on any atom is 0.0465 e. The van der Waals surface area contributed by atoms with Crippen LogP contribution in [0.25, 0.3) is 0 Å². The van der Waals surface area contributed by atoms with E-state index < -0.39 is 0 Å². The number of thiophene rings is 1. The molecule has 1 aliphatic rings. The summed E-state index contributed by atoms with van der Waals surface area (Å²) in [4.78, 5) is 1.42. The molecule has 11 heavy (non-hydrogen) atoms. The molecule has 0 aromatic carbocycles. The molecule has 0 radical (unpaired) electrons. The van der Waals surface area contributed by atoms with Crippen LogP contribution in [0.3, 0.4) is 0 Å². The van der Waals surface area contributed by atoms with Crippen LogP contribution in [0, 0.1) is 12.8 Å². The van der Waals surface area contributed by atoms with Gasteiger partial charge in [-0.05, 0) is 42.2 Å². The van der Waals surface area contributed by atoms with E-state index in [1.807, 2.05) is 0 Å². The van der Waals surface area contributed by atoms with Gasteiger partial charge in [0.05, 0.1) is 0 Å². The summed E-state index contributed by atoms with van der Waals surface area (Å²) < 4.78 is 0. The lowest BCUT2D eigenvalue weighted by Gasteiger charge is -1.95. The van der Waals surface area contributed by atoms with Crippen LogP contribution in [0.2, 0.25) is 0 Å².